The number of allylic oxidation sites excluding steroid dienone is 1. The van der Waals surface area contributed by atoms with Crippen molar-refractivity contribution < 1.29 is 4.79 Å². The number of rotatable bonds is 4. The Morgan fingerprint density at radius 2 is 1.96 bits per heavy atom. The molecule has 0 N–H and O–H groups in total. The molecule has 3 aliphatic rings. The molecule has 0 spiro atoms. The van der Waals surface area contributed by atoms with E-state index in [2.05, 4.69) is 23.2 Å². The number of hydrogen-bond acceptors (Lipinski definition) is 4. The molecule has 26 heavy (non-hydrogen) atoms. The average molecular weight is 375 g/mol. The maximum absolute atomic E-state index is 13.2. The first-order valence-corrected chi connectivity index (χ1v) is 11.2. The molecule has 1 amide bonds. The van der Waals surface area contributed by atoms with Crippen LogP contribution >= 0.6 is 11.8 Å². The van der Waals surface area contributed by atoms with Gasteiger partial charge < -0.3 is 4.90 Å². The molecular weight excluding hydrogens is 344 g/mol. The van der Waals surface area contributed by atoms with Gasteiger partial charge in [-0.1, -0.05) is 6.08 Å². The largest absolute Gasteiger partial charge is 0.337 e. The van der Waals surface area contributed by atoms with E-state index in [1.807, 2.05) is 15.7 Å². The molecule has 0 aromatic carbocycles. The highest BCUT2D eigenvalue weighted by molar-refractivity contribution is 7.99. The van der Waals surface area contributed by atoms with Crippen molar-refractivity contribution in [2.75, 3.05) is 37.7 Å². The fraction of sp³-hybridized carbons (Fsp3) is 0.700. The number of likely N-dealkylation sites (tertiary alicyclic amines) is 1. The van der Waals surface area contributed by atoms with Crippen molar-refractivity contribution in [3.8, 4) is 0 Å². The number of piperidine rings is 1. The third-order valence-corrected chi connectivity index (χ3v) is 6.97. The molecule has 0 saturated carbocycles. The van der Waals surface area contributed by atoms with Crippen molar-refractivity contribution in [2.24, 2.45) is 0 Å². The Labute approximate surface area is 160 Å². The van der Waals surface area contributed by atoms with Gasteiger partial charge in [-0.2, -0.15) is 16.9 Å². The lowest BCUT2D eigenvalue weighted by Gasteiger charge is -2.37. The molecule has 2 saturated heterocycles. The summed E-state index contributed by atoms with van der Waals surface area (Å²) in [6, 6.07) is 0.567. The summed E-state index contributed by atoms with van der Waals surface area (Å²) < 4.78 is 2.03. The second-order valence-electron chi connectivity index (χ2n) is 7.64. The Kier molecular flexibility index (Phi) is 5.69. The van der Waals surface area contributed by atoms with Gasteiger partial charge in [-0.25, -0.2) is 0 Å². The maximum Gasteiger partial charge on any atom is 0.274 e. The molecule has 1 aromatic rings. The minimum absolute atomic E-state index is 0.151. The van der Waals surface area contributed by atoms with E-state index in [9.17, 15) is 4.79 Å². The van der Waals surface area contributed by atoms with Crippen molar-refractivity contribution in [3.05, 3.63) is 29.6 Å². The molecule has 2 fully saturated rings. The highest BCUT2D eigenvalue weighted by Gasteiger charge is 2.33. The molecule has 0 radical (unpaired) electrons. The average Bonchev–Trinajstić information content (AvgIpc) is 3.07. The van der Waals surface area contributed by atoms with Crippen molar-refractivity contribution in [1.82, 2.24) is 19.6 Å². The Bertz CT molecular complexity index is 659. The van der Waals surface area contributed by atoms with Gasteiger partial charge in [0.2, 0.25) is 0 Å². The van der Waals surface area contributed by atoms with Crippen LogP contribution in [0.1, 0.15) is 47.4 Å². The third-order valence-electron chi connectivity index (χ3n) is 6.03. The van der Waals surface area contributed by atoms with Gasteiger partial charge >= 0.3 is 0 Å². The minimum Gasteiger partial charge on any atom is -0.337 e. The van der Waals surface area contributed by atoms with Gasteiger partial charge in [0.05, 0.1) is 6.54 Å². The molecule has 2 aliphatic heterocycles. The SMILES string of the molecule is C=CCn1nc(C(=O)N2CCCCC2)c2c1CCC(N1CCSCC1)C2. The van der Waals surface area contributed by atoms with E-state index in [1.165, 1.54) is 48.7 Å². The minimum atomic E-state index is 0.151. The molecule has 5 nitrogen and oxygen atoms in total. The number of fused-ring (bicyclic) bond motifs is 1. The quantitative estimate of drug-likeness (QED) is 0.760. The molecule has 0 bridgehead atoms. The highest BCUT2D eigenvalue weighted by Crippen LogP contribution is 2.30. The summed E-state index contributed by atoms with van der Waals surface area (Å²) in [5, 5.41) is 4.77. The molecule has 4 rings (SSSR count). The van der Waals surface area contributed by atoms with E-state index in [0.717, 1.165) is 44.5 Å². The number of nitrogens with zero attached hydrogens (tertiary/aromatic N) is 4. The normalized spacial score (nSPS) is 24.3. The number of hydrogen-bond donors (Lipinski definition) is 0. The summed E-state index contributed by atoms with van der Waals surface area (Å²) in [7, 11) is 0. The highest BCUT2D eigenvalue weighted by atomic mass is 32.2. The van der Waals surface area contributed by atoms with Crippen LogP contribution in [-0.4, -0.2) is 69.2 Å². The zero-order valence-corrected chi connectivity index (χ0v) is 16.5. The summed E-state index contributed by atoms with van der Waals surface area (Å²) in [6.45, 7) is 8.70. The van der Waals surface area contributed by atoms with Crippen LogP contribution in [0.25, 0.3) is 0 Å². The molecule has 142 valence electrons. The Morgan fingerprint density at radius 3 is 2.69 bits per heavy atom. The summed E-state index contributed by atoms with van der Waals surface area (Å²) in [4.78, 5) is 17.8. The Hall–Kier alpha value is -1.27. The van der Waals surface area contributed by atoms with Gasteiger partial charge in [0, 0.05) is 55.0 Å². The van der Waals surface area contributed by atoms with Crippen LogP contribution < -0.4 is 0 Å². The predicted octanol–water partition coefficient (Wildman–Crippen LogP) is 2.60. The number of thioether (sulfide) groups is 1. The van der Waals surface area contributed by atoms with Crippen molar-refractivity contribution in [3.63, 3.8) is 0 Å². The summed E-state index contributed by atoms with van der Waals surface area (Å²) >= 11 is 2.06. The van der Waals surface area contributed by atoms with Crippen LogP contribution in [0.2, 0.25) is 0 Å². The predicted molar refractivity (Wildman–Crippen MR) is 107 cm³/mol. The summed E-state index contributed by atoms with van der Waals surface area (Å²) in [5.41, 5.74) is 3.21. The number of aromatic nitrogens is 2. The Morgan fingerprint density at radius 1 is 1.19 bits per heavy atom. The first-order valence-electron chi connectivity index (χ1n) is 10.1. The lowest BCUT2D eigenvalue weighted by molar-refractivity contribution is 0.0715. The topological polar surface area (TPSA) is 41.4 Å². The van der Waals surface area contributed by atoms with E-state index >= 15 is 0 Å². The second kappa shape index (κ2) is 8.17. The van der Waals surface area contributed by atoms with E-state index in [4.69, 9.17) is 5.10 Å². The van der Waals surface area contributed by atoms with Gasteiger partial charge in [0.25, 0.3) is 5.91 Å². The third kappa shape index (κ3) is 3.58. The zero-order chi connectivity index (χ0) is 17.9. The van der Waals surface area contributed by atoms with Gasteiger partial charge in [-0.15, -0.1) is 6.58 Å². The van der Waals surface area contributed by atoms with Crippen LogP contribution in [0.4, 0.5) is 0 Å². The molecular formula is C20H30N4OS. The van der Waals surface area contributed by atoms with Crippen LogP contribution in [0.5, 0.6) is 0 Å². The van der Waals surface area contributed by atoms with Gasteiger partial charge in [0.1, 0.15) is 0 Å². The van der Waals surface area contributed by atoms with Crippen LogP contribution in [0, 0.1) is 0 Å². The molecule has 6 heteroatoms. The number of carbonyl (C=O) groups is 1. The lowest BCUT2D eigenvalue weighted by atomic mass is 9.90. The zero-order valence-electron chi connectivity index (χ0n) is 15.7. The molecule has 1 aromatic heterocycles. The smallest absolute Gasteiger partial charge is 0.274 e. The molecule has 3 heterocycles. The number of carbonyl (C=O) groups excluding carboxylic acids is 1. The monoisotopic (exact) mass is 374 g/mol. The standard InChI is InChI=1S/C20H30N4OS/c1-2-8-24-18-7-6-16(22-11-13-26-14-12-22)15-17(18)19(21-24)20(25)23-9-4-3-5-10-23/h2,16H,1,3-15H2. The first-order chi connectivity index (χ1) is 12.8. The van der Waals surface area contributed by atoms with E-state index < -0.39 is 0 Å². The second-order valence-corrected chi connectivity index (χ2v) is 8.87. The fourth-order valence-electron chi connectivity index (χ4n) is 4.62. The Balaban J connectivity index is 1.60. The van der Waals surface area contributed by atoms with E-state index in [-0.39, 0.29) is 5.91 Å². The van der Waals surface area contributed by atoms with Crippen molar-refractivity contribution in [1.29, 1.82) is 0 Å². The van der Waals surface area contributed by atoms with E-state index in [0.29, 0.717) is 12.6 Å². The van der Waals surface area contributed by atoms with Crippen molar-refractivity contribution in [2.45, 2.75) is 51.1 Å². The van der Waals surface area contributed by atoms with E-state index in [1.54, 1.807) is 0 Å². The first kappa shape index (κ1) is 18.1. The molecule has 1 aliphatic carbocycles. The van der Waals surface area contributed by atoms with Gasteiger partial charge in [0.15, 0.2) is 5.69 Å². The van der Waals surface area contributed by atoms with Gasteiger partial charge in [-0.3, -0.25) is 14.4 Å². The summed E-state index contributed by atoms with van der Waals surface area (Å²) in [6.07, 6.45) is 8.55. The lowest BCUT2D eigenvalue weighted by Crippen LogP contribution is -2.44. The van der Waals surface area contributed by atoms with Crippen LogP contribution in [0.15, 0.2) is 12.7 Å². The van der Waals surface area contributed by atoms with Crippen LogP contribution in [0.3, 0.4) is 0 Å². The maximum atomic E-state index is 13.2. The fourth-order valence-corrected chi connectivity index (χ4v) is 5.55. The summed E-state index contributed by atoms with van der Waals surface area (Å²) in [5.74, 6) is 2.62. The van der Waals surface area contributed by atoms with Crippen LogP contribution in [-0.2, 0) is 19.4 Å². The number of amides is 1. The molecule has 1 unspecified atom stereocenters. The molecule has 1 atom stereocenters. The van der Waals surface area contributed by atoms with Crippen molar-refractivity contribution >= 4 is 17.7 Å². The van der Waals surface area contributed by atoms with Gasteiger partial charge in [-0.05, 0) is 38.5 Å².